The van der Waals surface area contributed by atoms with Gasteiger partial charge in [-0.1, -0.05) is 28.5 Å². The molecule has 9 heteroatoms. The van der Waals surface area contributed by atoms with Gasteiger partial charge in [-0.25, -0.2) is 4.98 Å². The molecule has 134 valence electrons. The predicted octanol–water partition coefficient (Wildman–Crippen LogP) is 3.83. The van der Waals surface area contributed by atoms with E-state index in [9.17, 15) is 4.79 Å². The summed E-state index contributed by atoms with van der Waals surface area (Å²) in [5, 5.41) is 7.64. The van der Waals surface area contributed by atoms with Crippen molar-refractivity contribution in [2.45, 2.75) is 11.9 Å². The van der Waals surface area contributed by atoms with E-state index in [0.29, 0.717) is 38.8 Å². The molecule has 0 bridgehead atoms. The van der Waals surface area contributed by atoms with Gasteiger partial charge in [-0.2, -0.15) is 4.98 Å². The molecule has 0 saturated carbocycles. The third kappa shape index (κ3) is 4.33. The molecule has 2 heterocycles. The Kier molecular flexibility index (Phi) is 5.75. The Hall–Kier alpha value is -2.58. The number of carbonyl (C=O) groups is 1. The highest BCUT2D eigenvalue weighted by Crippen LogP contribution is 2.29. The van der Waals surface area contributed by atoms with Crippen molar-refractivity contribution in [1.82, 2.24) is 15.1 Å². The van der Waals surface area contributed by atoms with Crippen LogP contribution < -0.4 is 10.1 Å². The first-order valence-electron chi connectivity index (χ1n) is 7.58. The molecule has 0 atom stereocenters. The van der Waals surface area contributed by atoms with E-state index in [1.54, 1.807) is 37.4 Å². The lowest BCUT2D eigenvalue weighted by atomic mass is 10.3. The first-order valence-corrected chi connectivity index (χ1v) is 8.95. The topological polar surface area (TPSA) is 90.1 Å². The van der Waals surface area contributed by atoms with E-state index in [-0.39, 0.29) is 11.7 Å². The molecule has 7 nitrogen and oxygen atoms in total. The predicted molar refractivity (Wildman–Crippen MR) is 99.6 cm³/mol. The van der Waals surface area contributed by atoms with E-state index in [1.165, 1.54) is 18.9 Å². The molecule has 0 saturated heterocycles. The molecule has 3 aromatic rings. The van der Waals surface area contributed by atoms with E-state index in [4.69, 9.17) is 20.9 Å². The minimum absolute atomic E-state index is 0.167. The number of methoxy groups -OCH3 is 1. The maximum absolute atomic E-state index is 12.2. The fourth-order valence-electron chi connectivity index (χ4n) is 2.15. The molecular weight excluding hydrogens is 376 g/mol. The molecule has 26 heavy (non-hydrogen) atoms. The Morgan fingerprint density at radius 3 is 2.92 bits per heavy atom. The number of nitrogens with one attached hydrogen (secondary N) is 1. The molecule has 2 aromatic heterocycles. The quantitative estimate of drug-likeness (QED) is 0.639. The maximum Gasteiger partial charge on any atom is 0.260 e. The van der Waals surface area contributed by atoms with Gasteiger partial charge in [-0.15, -0.1) is 0 Å². The van der Waals surface area contributed by atoms with Gasteiger partial charge in [-0.05, 0) is 37.3 Å². The lowest BCUT2D eigenvalue weighted by Crippen LogP contribution is -2.14. The molecule has 0 aliphatic carbocycles. The van der Waals surface area contributed by atoms with Gasteiger partial charge < -0.3 is 14.6 Å². The van der Waals surface area contributed by atoms with Crippen LogP contribution in [0.5, 0.6) is 5.75 Å². The fraction of sp³-hybridized carbons (Fsp3) is 0.176. The fourth-order valence-corrected chi connectivity index (χ4v) is 3.19. The normalized spacial score (nSPS) is 10.6. The van der Waals surface area contributed by atoms with Crippen molar-refractivity contribution in [3.8, 4) is 17.2 Å². The number of thioether (sulfide) groups is 1. The summed E-state index contributed by atoms with van der Waals surface area (Å²) in [5.74, 6) is 1.44. The number of aryl methyl sites for hydroxylation is 1. The van der Waals surface area contributed by atoms with Crippen molar-refractivity contribution in [2.75, 3.05) is 18.2 Å². The van der Waals surface area contributed by atoms with Gasteiger partial charge in [0.25, 0.3) is 5.89 Å². The maximum atomic E-state index is 12.2. The average Bonchev–Trinajstić information content (AvgIpc) is 3.07. The van der Waals surface area contributed by atoms with Crippen LogP contribution in [0.4, 0.5) is 5.69 Å². The molecule has 0 aliphatic heterocycles. The van der Waals surface area contributed by atoms with Crippen molar-refractivity contribution in [3.05, 3.63) is 47.4 Å². The van der Waals surface area contributed by atoms with Crippen LogP contribution in [0.2, 0.25) is 5.02 Å². The number of aromatic nitrogens is 3. The third-order valence-electron chi connectivity index (χ3n) is 3.30. The van der Waals surface area contributed by atoms with Gasteiger partial charge in [0, 0.05) is 11.9 Å². The number of halogens is 1. The first-order chi connectivity index (χ1) is 12.6. The summed E-state index contributed by atoms with van der Waals surface area (Å²) in [6, 6.07) is 8.65. The molecule has 1 amide bonds. The van der Waals surface area contributed by atoms with Gasteiger partial charge in [0.1, 0.15) is 10.8 Å². The lowest BCUT2D eigenvalue weighted by Gasteiger charge is -2.08. The summed E-state index contributed by atoms with van der Waals surface area (Å²) in [6.07, 6.45) is 1.65. The Bertz CT molecular complexity index is 932. The molecule has 1 aromatic carbocycles. The highest BCUT2D eigenvalue weighted by Gasteiger charge is 2.14. The summed E-state index contributed by atoms with van der Waals surface area (Å²) in [7, 11) is 1.53. The number of benzene rings is 1. The Labute approximate surface area is 159 Å². The zero-order valence-electron chi connectivity index (χ0n) is 14.0. The minimum Gasteiger partial charge on any atom is -0.495 e. The van der Waals surface area contributed by atoms with Gasteiger partial charge in [0.15, 0.2) is 5.82 Å². The standard InChI is InChI=1S/C17H15ClN4O3S/c1-10-20-16(25-22-10)12-4-3-7-19-17(12)26-9-15(23)21-11-5-6-14(24-2)13(18)8-11/h3-8H,9H2,1-2H3,(H,21,23). The molecule has 0 aliphatic rings. The van der Waals surface area contributed by atoms with Gasteiger partial charge in [-0.3, -0.25) is 4.79 Å². The second-order valence-corrected chi connectivity index (χ2v) is 6.56. The van der Waals surface area contributed by atoms with Crippen molar-refractivity contribution < 1.29 is 14.1 Å². The van der Waals surface area contributed by atoms with Crippen LogP contribution in [0.25, 0.3) is 11.5 Å². The first kappa shape index (κ1) is 18.2. The number of pyridine rings is 1. The van der Waals surface area contributed by atoms with Crippen LogP contribution in [0.1, 0.15) is 5.82 Å². The van der Waals surface area contributed by atoms with Gasteiger partial charge in [0.2, 0.25) is 5.91 Å². The van der Waals surface area contributed by atoms with Crippen LogP contribution in [0.15, 0.2) is 46.1 Å². The number of amides is 1. The number of nitrogens with zero attached hydrogens (tertiary/aromatic N) is 3. The molecule has 0 spiro atoms. The molecule has 1 N–H and O–H groups in total. The number of rotatable bonds is 6. The smallest absolute Gasteiger partial charge is 0.260 e. The van der Waals surface area contributed by atoms with Crippen molar-refractivity contribution >= 4 is 35.0 Å². The second-order valence-electron chi connectivity index (χ2n) is 5.19. The van der Waals surface area contributed by atoms with E-state index in [2.05, 4.69) is 20.4 Å². The molecule has 3 rings (SSSR count). The number of ether oxygens (including phenoxy) is 1. The lowest BCUT2D eigenvalue weighted by molar-refractivity contribution is -0.113. The Morgan fingerprint density at radius 2 is 2.23 bits per heavy atom. The van der Waals surface area contributed by atoms with Gasteiger partial charge in [0.05, 0.1) is 23.4 Å². The summed E-state index contributed by atoms with van der Waals surface area (Å²) < 4.78 is 10.3. The van der Waals surface area contributed by atoms with Gasteiger partial charge >= 0.3 is 0 Å². The molecule has 0 unspecified atom stereocenters. The minimum atomic E-state index is -0.186. The number of hydrogen-bond donors (Lipinski definition) is 1. The zero-order chi connectivity index (χ0) is 18.5. The molecule has 0 fully saturated rings. The summed E-state index contributed by atoms with van der Waals surface area (Å²) >= 11 is 7.34. The van der Waals surface area contributed by atoms with Crippen LogP contribution in [0, 0.1) is 6.92 Å². The van der Waals surface area contributed by atoms with Crippen LogP contribution in [-0.2, 0) is 4.79 Å². The zero-order valence-corrected chi connectivity index (χ0v) is 15.6. The molecular formula is C17H15ClN4O3S. The summed E-state index contributed by atoms with van der Waals surface area (Å²) in [5.41, 5.74) is 1.29. The largest absolute Gasteiger partial charge is 0.495 e. The SMILES string of the molecule is COc1ccc(NC(=O)CSc2ncccc2-c2nc(C)no2)cc1Cl. The van der Waals surface area contributed by atoms with Crippen molar-refractivity contribution in [2.24, 2.45) is 0 Å². The summed E-state index contributed by atoms with van der Waals surface area (Å²) in [6.45, 7) is 1.74. The van der Waals surface area contributed by atoms with Crippen molar-refractivity contribution in [3.63, 3.8) is 0 Å². The Balaban J connectivity index is 1.66. The highest BCUT2D eigenvalue weighted by molar-refractivity contribution is 8.00. The van der Waals surface area contributed by atoms with E-state index < -0.39 is 0 Å². The second kappa shape index (κ2) is 8.20. The van der Waals surface area contributed by atoms with Crippen LogP contribution >= 0.6 is 23.4 Å². The third-order valence-corrected chi connectivity index (χ3v) is 4.61. The van der Waals surface area contributed by atoms with Crippen LogP contribution in [0.3, 0.4) is 0 Å². The van der Waals surface area contributed by atoms with E-state index in [0.717, 1.165) is 0 Å². The highest BCUT2D eigenvalue weighted by atomic mass is 35.5. The summed E-state index contributed by atoms with van der Waals surface area (Å²) in [4.78, 5) is 20.7. The number of anilines is 1. The van der Waals surface area contributed by atoms with Crippen LogP contribution in [-0.4, -0.2) is 33.9 Å². The molecule has 0 radical (unpaired) electrons. The van der Waals surface area contributed by atoms with E-state index >= 15 is 0 Å². The number of carbonyl (C=O) groups excluding carboxylic acids is 1. The average molecular weight is 391 g/mol. The van der Waals surface area contributed by atoms with Crippen molar-refractivity contribution in [1.29, 1.82) is 0 Å². The Morgan fingerprint density at radius 1 is 1.38 bits per heavy atom. The van der Waals surface area contributed by atoms with E-state index in [1.807, 2.05) is 6.07 Å². The number of hydrogen-bond acceptors (Lipinski definition) is 7. The monoisotopic (exact) mass is 390 g/mol.